The first-order valence-corrected chi connectivity index (χ1v) is 3.40. The lowest BCUT2D eigenvalue weighted by atomic mass is 10.1. The molecular weight excluding hydrogens is 128 g/mol. The Kier molecular flexibility index (Phi) is 2.84. The number of nitrogens with one attached hydrogen (secondary N) is 1. The highest BCUT2D eigenvalue weighted by Gasteiger charge is 2.15. The number of nitrogens with two attached hydrogens (primary N) is 1. The van der Waals surface area contributed by atoms with E-state index in [-0.39, 0.29) is 11.4 Å². The number of carbonyl (C=O) groups excluding carboxylic acids is 1. The second kappa shape index (κ2) is 3.01. The summed E-state index contributed by atoms with van der Waals surface area (Å²) in [6.07, 6.45) is 0. The van der Waals surface area contributed by atoms with Crippen molar-refractivity contribution < 1.29 is 4.79 Å². The minimum absolute atomic E-state index is 0.104. The van der Waals surface area contributed by atoms with Crippen LogP contribution in [0.4, 0.5) is 0 Å². The van der Waals surface area contributed by atoms with Gasteiger partial charge in [-0.1, -0.05) is 0 Å². The van der Waals surface area contributed by atoms with Gasteiger partial charge in [0, 0.05) is 5.54 Å². The molecule has 3 heteroatoms. The van der Waals surface area contributed by atoms with Gasteiger partial charge in [0.05, 0.1) is 6.04 Å². The minimum atomic E-state index is -0.417. The molecule has 0 bridgehead atoms. The molecule has 0 aliphatic rings. The molecule has 0 aliphatic carbocycles. The smallest absolute Gasteiger partial charge is 0.237 e. The van der Waals surface area contributed by atoms with Gasteiger partial charge >= 0.3 is 0 Å². The van der Waals surface area contributed by atoms with E-state index < -0.39 is 6.04 Å². The van der Waals surface area contributed by atoms with Crippen molar-refractivity contribution in [1.82, 2.24) is 5.32 Å². The quantitative estimate of drug-likeness (QED) is 0.554. The van der Waals surface area contributed by atoms with Gasteiger partial charge in [0.15, 0.2) is 0 Å². The zero-order valence-corrected chi connectivity index (χ0v) is 7.06. The van der Waals surface area contributed by atoms with E-state index in [1.165, 1.54) is 0 Å². The van der Waals surface area contributed by atoms with Gasteiger partial charge in [-0.15, -0.1) is 0 Å². The van der Waals surface area contributed by atoms with Crippen LogP contribution in [0.25, 0.3) is 0 Å². The topological polar surface area (TPSA) is 55.1 Å². The van der Waals surface area contributed by atoms with Crippen molar-refractivity contribution >= 4 is 5.91 Å². The summed E-state index contributed by atoms with van der Waals surface area (Å²) < 4.78 is 0. The molecule has 1 amide bonds. The summed E-state index contributed by atoms with van der Waals surface area (Å²) in [5.41, 5.74) is 5.16. The number of amides is 1. The zero-order valence-electron chi connectivity index (χ0n) is 7.06. The van der Waals surface area contributed by atoms with Gasteiger partial charge in [0.25, 0.3) is 0 Å². The summed E-state index contributed by atoms with van der Waals surface area (Å²) in [7, 11) is 0. The fourth-order valence-electron chi connectivity index (χ4n) is 0.483. The lowest BCUT2D eigenvalue weighted by Gasteiger charge is -2.21. The molecule has 0 rings (SSSR count). The Hall–Kier alpha value is -0.570. The van der Waals surface area contributed by atoms with Crippen LogP contribution in [-0.4, -0.2) is 17.5 Å². The van der Waals surface area contributed by atoms with Crippen molar-refractivity contribution in [2.24, 2.45) is 5.73 Å². The largest absolute Gasteiger partial charge is 0.350 e. The second-order valence-electron chi connectivity index (χ2n) is 3.53. The van der Waals surface area contributed by atoms with E-state index >= 15 is 0 Å². The van der Waals surface area contributed by atoms with Crippen LogP contribution in [0, 0.1) is 0 Å². The van der Waals surface area contributed by atoms with Crippen molar-refractivity contribution in [3.63, 3.8) is 0 Å². The molecule has 0 aliphatic heterocycles. The van der Waals surface area contributed by atoms with Crippen LogP contribution in [0.5, 0.6) is 0 Å². The van der Waals surface area contributed by atoms with E-state index in [0.29, 0.717) is 0 Å². The Morgan fingerprint density at radius 1 is 1.50 bits per heavy atom. The summed E-state index contributed by atoms with van der Waals surface area (Å²) >= 11 is 0. The van der Waals surface area contributed by atoms with Gasteiger partial charge in [0.1, 0.15) is 0 Å². The van der Waals surface area contributed by atoms with Crippen LogP contribution < -0.4 is 11.1 Å². The SMILES string of the molecule is C[C@@H](N)C(=O)NC(C)(C)C. The number of hydrogen-bond acceptors (Lipinski definition) is 2. The maximum absolute atomic E-state index is 10.9. The van der Waals surface area contributed by atoms with E-state index in [1.54, 1.807) is 6.92 Å². The normalized spacial score (nSPS) is 14.5. The van der Waals surface area contributed by atoms with Crippen molar-refractivity contribution in [3.05, 3.63) is 0 Å². The Morgan fingerprint density at radius 3 is 2.00 bits per heavy atom. The first-order valence-electron chi connectivity index (χ1n) is 3.40. The Labute approximate surface area is 62.0 Å². The van der Waals surface area contributed by atoms with Crippen LogP contribution in [0.1, 0.15) is 27.7 Å². The standard InChI is InChI=1S/C7H16N2O/c1-5(8)6(10)9-7(2,3)4/h5H,8H2,1-4H3,(H,9,10)/t5-/m1/s1. The third-order valence-electron chi connectivity index (χ3n) is 0.912. The third kappa shape index (κ3) is 4.32. The monoisotopic (exact) mass is 144 g/mol. The first kappa shape index (κ1) is 9.43. The van der Waals surface area contributed by atoms with E-state index in [0.717, 1.165) is 0 Å². The second-order valence-corrected chi connectivity index (χ2v) is 3.53. The maximum Gasteiger partial charge on any atom is 0.237 e. The van der Waals surface area contributed by atoms with Crippen LogP contribution >= 0.6 is 0 Å². The summed E-state index contributed by atoms with van der Waals surface area (Å²) in [5.74, 6) is -0.104. The van der Waals surface area contributed by atoms with Gasteiger partial charge < -0.3 is 11.1 Å². The molecule has 10 heavy (non-hydrogen) atoms. The molecule has 0 aromatic carbocycles. The van der Waals surface area contributed by atoms with Gasteiger partial charge in [-0.05, 0) is 27.7 Å². The molecule has 0 unspecified atom stereocenters. The third-order valence-corrected chi connectivity index (χ3v) is 0.912. The molecule has 1 atom stereocenters. The van der Waals surface area contributed by atoms with Gasteiger partial charge in [0.2, 0.25) is 5.91 Å². The highest BCUT2D eigenvalue weighted by Crippen LogP contribution is 1.98. The molecular formula is C7H16N2O. The van der Waals surface area contributed by atoms with Crippen molar-refractivity contribution in [2.75, 3.05) is 0 Å². The molecule has 0 aromatic rings. The number of carbonyl (C=O) groups is 1. The summed E-state index contributed by atoms with van der Waals surface area (Å²) in [5, 5.41) is 2.75. The lowest BCUT2D eigenvalue weighted by Crippen LogP contribution is -2.47. The molecule has 0 saturated carbocycles. The minimum Gasteiger partial charge on any atom is -0.350 e. The molecule has 0 heterocycles. The molecule has 3 N–H and O–H groups in total. The van der Waals surface area contributed by atoms with Crippen LogP contribution in [0.15, 0.2) is 0 Å². The summed E-state index contributed by atoms with van der Waals surface area (Å²) in [6.45, 7) is 7.44. The fraction of sp³-hybridized carbons (Fsp3) is 0.857. The number of rotatable bonds is 1. The van der Waals surface area contributed by atoms with Crippen LogP contribution in [0.2, 0.25) is 0 Å². The summed E-state index contributed by atoms with van der Waals surface area (Å²) in [4.78, 5) is 10.9. The average Bonchev–Trinajstić information content (AvgIpc) is 1.60. The van der Waals surface area contributed by atoms with Gasteiger partial charge in [-0.25, -0.2) is 0 Å². The first-order chi connectivity index (χ1) is 4.33. The van der Waals surface area contributed by atoms with E-state index in [4.69, 9.17) is 5.73 Å². The molecule has 0 aromatic heterocycles. The van der Waals surface area contributed by atoms with E-state index in [9.17, 15) is 4.79 Å². The Bertz CT molecular complexity index is 124. The molecule has 0 fully saturated rings. The van der Waals surface area contributed by atoms with Crippen LogP contribution in [-0.2, 0) is 4.79 Å². The van der Waals surface area contributed by atoms with Crippen molar-refractivity contribution in [3.8, 4) is 0 Å². The molecule has 0 spiro atoms. The predicted octanol–water partition coefficient (Wildman–Crippen LogP) is 0.248. The van der Waals surface area contributed by atoms with Gasteiger partial charge in [-0.3, -0.25) is 4.79 Å². The average molecular weight is 144 g/mol. The van der Waals surface area contributed by atoms with Gasteiger partial charge in [-0.2, -0.15) is 0 Å². The molecule has 60 valence electrons. The molecule has 0 radical (unpaired) electrons. The van der Waals surface area contributed by atoms with Crippen molar-refractivity contribution in [2.45, 2.75) is 39.3 Å². The highest BCUT2D eigenvalue weighted by molar-refractivity contribution is 5.81. The summed E-state index contributed by atoms with van der Waals surface area (Å²) in [6, 6.07) is -0.417. The van der Waals surface area contributed by atoms with E-state index in [2.05, 4.69) is 5.32 Å². The lowest BCUT2D eigenvalue weighted by molar-refractivity contribution is -0.123. The van der Waals surface area contributed by atoms with Crippen molar-refractivity contribution in [1.29, 1.82) is 0 Å². The molecule has 0 saturated heterocycles. The van der Waals surface area contributed by atoms with E-state index in [1.807, 2.05) is 20.8 Å². The number of hydrogen-bond donors (Lipinski definition) is 2. The maximum atomic E-state index is 10.9. The molecule has 3 nitrogen and oxygen atoms in total. The predicted molar refractivity (Wildman–Crippen MR) is 41.5 cm³/mol. The zero-order chi connectivity index (χ0) is 8.36. The van der Waals surface area contributed by atoms with Crippen LogP contribution in [0.3, 0.4) is 0 Å². The fourth-order valence-corrected chi connectivity index (χ4v) is 0.483. The Balaban J connectivity index is 3.81. The highest BCUT2D eigenvalue weighted by atomic mass is 16.2. The Morgan fingerprint density at radius 2 is 1.90 bits per heavy atom.